The summed E-state index contributed by atoms with van der Waals surface area (Å²) in [7, 11) is 2.23. The monoisotopic (exact) mass is 305 g/mol. The second-order valence-electron chi connectivity index (χ2n) is 7.10. The second-order valence-corrected chi connectivity index (χ2v) is 7.10. The lowest BCUT2D eigenvalue weighted by atomic mass is 9.66. The van der Waals surface area contributed by atoms with Gasteiger partial charge in [-0.2, -0.15) is 0 Å². The molecule has 2 aliphatic heterocycles. The zero-order valence-corrected chi connectivity index (χ0v) is 13.6. The molecule has 2 heteroatoms. The van der Waals surface area contributed by atoms with Crippen LogP contribution in [0.25, 0.3) is 0 Å². The Kier molecular flexibility index (Phi) is 3.57. The van der Waals surface area contributed by atoms with Crippen molar-refractivity contribution in [2.45, 2.75) is 43.2 Å². The van der Waals surface area contributed by atoms with Gasteiger partial charge < -0.3 is 4.90 Å². The zero-order valence-electron chi connectivity index (χ0n) is 13.6. The normalized spacial score (nSPS) is 30.3. The fourth-order valence-electron chi connectivity index (χ4n) is 4.65. The minimum atomic E-state index is -0.360. The van der Waals surface area contributed by atoms with Gasteiger partial charge in [0.1, 0.15) is 0 Å². The van der Waals surface area contributed by atoms with E-state index in [-0.39, 0.29) is 5.41 Å². The fraction of sp³-hybridized carbons (Fsp3) is 0.381. The largest absolute Gasteiger partial charge is 0.300 e. The quantitative estimate of drug-likeness (QED) is 0.797. The van der Waals surface area contributed by atoms with E-state index in [4.69, 9.17) is 0 Å². The number of hydrogen-bond acceptors (Lipinski definition) is 2. The molecule has 23 heavy (non-hydrogen) atoms. The first-order valence-corrected chi connectivity index (χ1v) is 8.58. The van der Waals surface area contributed by atoms with Crippen molar-refractivity contribution in [2.24, 2.45) is 0 Å². The lowest BCUT2D eigenvalue weighted by Crippen LogP contribution is -2.51. The molecule has 3 atom stereocenters. The highest BCUT2D eigenvalue weighted by molar-refractivity contribution is 6.04. The van der Waals surface area contributed by atoms with Crippen LogP contribution in [0.4, 0.5) is 0 Å². The van der Waals surface area contributed by atoms with E-state index >= 15 is 0 Å². The Morgan fingerprint density at radius 3 is 2.00 bits per heavy atom. The Morgan fingerprint density at radius 2 is 1.43 bits per heavy atom. The summed E-state index contributed by atoms with van der Waals surface area (Å²) in [5.74, 6) is 0.300. The first kappa shape index (κ1) is 14.6. The van der Waals surface area contributed by atoms with Crippen molar-refractivity contribution in [3.8, 4) is 0 Å². The Hall–Kier alpha value is -1.93. The predicted molar refractivity (Wildman–Crippen MR) is 92.7 cm³/mol. The van der Waals surface area contributed by atoms with Crippen LogP contribution in [0, 0.1) is 0 Å². The molecule has 0 aliphatic carbocycles. The number of carbonyl (C=O) groups is 1. The summed E-state index contributed by atoms with van der Waals surface area (Å²) in [5.41, 5.74) is 1.68. The van der Waals surface area contributed by atoms with Gasteiger partial charge in [0, 0.05) is 17.6 Å². The lowest BCUT2D eigenvalue weighted by molar-refractivity contribution is 0.0671. The smallest absolute Gasteiger partial charge is 0.173 e. The van der Waals surface area contributed by atoms with Crippen LogP contribution in [0.15, 0.2) is 60.7 Å². The summed E-state index contributed by atoms with van der Waals surface area (Å²) in [5, 5.41) is 0. The molecule has 0 N–H and O–H groups in total. The number of ketones is 1. The van der Waals surface area contributed by atoms with Crippen LogP contribution in [0.2, 0.25) is 0 Å². The Bertz CT molecular complexity index is 680. The second kappa shape index (κ2) is 5.61. The van der Waals surface area contributed by atoms with Crippen molar-refractivity contribution in [1.29, 1.82) is 0 Å². The van der Waals surface area contributed by atoms with Crippen LogP contribution in [0.3, 0.4) is 0 Å². The van der Waals surface area contributed by atoms with Crippen molar-refractivity contribution in [3.05, 3.63) is 71.8 Å². The van der Waals surface area contributed by atoms with E-state index in [0.717, 1.165) is 18.4 Å². The molecule has 2 nitrogen and oxygen atoms in total. The van der Waals surface area contributed by atoms with E-state index < -0.39 is 0 Å². The molecule has 0 saturated carbocycles. The van der Waals surface area contributed by atoms with Crippen molar-refractivity contribution < 1.29 is 4.79 Å². The summed E-state index contributed by atoms with van der Waals surface area (Å²) in [4.78, 5) is 16.0. The number of nitrogens with zero attached hydrogens (tertiary/aromatic N) is 1. The van der Waals surface area contributed by atoms with E-state index in [1.165, 1.54) is 18.4 Å². The SMILES string of the molecule is CN1[C@@H]2CC[C@H]1CC(C(=O)c1ccccc1)(c1ccccc1)C2. The highest BCUT2D eigenvalue weighted by Crippen LogP contribution is 2.48. The van der Waals surface area contributed by atoms with E-state index in [1.807, 2.05) is 36.4 Å². The number of carbonyl (C=O) groups excluding carboxylic acids is 1. The van der Waals surface area contributed by atoms with Gasteiger partial charge in [-0.15, -0.1) is 0 Å². The molecule has 2 aromatic carbocycles. The highest BCUT2D eigenvalue weighted by Gasteiger charge is 2.51. The number of Topliss-reactive ketones (excluding diaryl/α,β-unsaturated/α-hetero) is 1. The van der Waals surface area contributed by atoms with Gasteiger partial charge in [-0.3, -0.25) is 4.79 Å². The van der Waals surface area contributed by atoms with Crippen LogP contribution in [-0.4, -0.2) is 29.8 Å². The van der Waals surface area contributed by atoms with Crippen molar-refractivity contribution in [3.63, 3.8) is 0 Å². The van der Waals surface area contributed by atoms with Gasteiger partial charge in [0.05, 0.1) is 5.41 Å². The van der Waals surface area contributed by atoms with Gasteiger partial charge in [-0.05, 0) is 38.3 Å². The van der Waals surface area contributed by atoms with Crippen LogP contribution >= 0.6 is 0 Å². The van der Waals surface area contributed by atoms with Gasteiger partial charge in [0.25, 0.3) is 0 Å². The van der Waals surface area contributed by atoms with E-state index in [9.17, 15) is 4.79 Å². The van der Waals surface area contributed by atoms with Crippen molar-refractivity contribution >= 4 is 5.78 Å². The minimum Gasteiger partial charge on any atom is -0.300 e. The maximum Gasteiger partial charge on any atom is 0.173 e. The molecule has 2 saturated heterocycles. The van der Waals surface area contributed by atoms with Crippen molar-refractivity contribution in [1.82, 2.24) is 4.90 Å². The van der Waals surface area contributed by atoms with Gasteiger partial charge in [-0.25, -0.2) is 0 Å². The van der Waals surface area contributed by atoms with Crippen LogP contribution in [0.1, 0.15) is 41.6 Å². The molecule has 2 heterocycles. The third-order valence-electron chi connectivity index (χ3n) is 5.95. The maximum atomic E-state index is 13.5. The summed E-state index contributed by atoms with van der Waals surface area (Å²) in [6.07, 6.45) is 4.32. The topological polar surface area (TPSA) is 20.3 Å². The zero-order chi connectivity index (χ0) is 15.9. The van der Waals surface area contributed by atoms with E-state index in [0.29, 0.717) is 17.9 Å². The third-order valence-corrected chi connectivity index (χ3v) is 5.95. The van der Waals surface area contributed by atoms with E-state index in [2.05, 4.69) is 36.2 Å². The lowest BCUT2D eigenvalue weighted by Gasteiger charge is -2.44. The van der Waals surface area contributed by atoms with E-state index in [1.54, 1.807) is 0 Å². The first-order valence-electron chi connectivity index (χ1n) is 8.58. The minimum absolute atomic E-state index is 0.300. The van der Waals surface area contributed by atoms with Gasteiger partial charge in [0.15, 0.2) is 5.78 Å². The molecule has 1 unspecified atom stereocenters. The Balaban J connectivity index is 1.81. The summed E-state index contributed by atoms with van der Waals surface area (Å²) in [6.45, 7) is 0. The molecule has 2 aliphatic rings. The number of benzene rings is 2. The van der Waals surface area contributed by atoms with Gasteiger partial charge in [0.2, 0.25) is 0 Å². The molecule has 118 valence electrons. The van der Waals surface area contributed by atoms with Gasteiger partial charge in [-0.1, -0.05) is 60.7 Å². The number of rotatable bonds is 3. The average Bonchev–Trinajstić information content (AvgIpc) is 2.84. The molecule has 4 rings (SSSR count). The average molecular weight is 305 g/mol. The van der Waals surface area contributed by atoms with Crippen LogP contribution in [0.5, 0.6) is 0 Å². The molecule has 2 aromatic rings. The standard InChI is InChI=1S/C21H23NO/c1-22-18-12-13-19(22)15-21(14-18,17-10-6-3-7-11-17)20(23)16-8-4-2-5-9-16/h2-11,18-19H,12-15H2,1H3/t18-,19+,21?. The third kappa shape index (κ3) is 2.33. The summed E-state index contributed by atoms with van der Waals surface area (Å²) < 4.78 is 0. The summed E-state index contributed by atoms with van der Waals surface area (Å²) >= 11 is 0. The Morgan fingerprint density at radius 1 is 0.913 bits per heavy atom. The molecule has 2 fully saturated rings. The molecular formula is C21H23NO. The van der Waals surface area contributed by atoms with Crippen LogP contribution < -0.4 is 0 Å². The number of fused-ring (bicyclic) bond motifs is 2. The maximum absolute atomic E-state index is 13.5. The number of hydrogen-bond donors (Lipinski definition) is 0. The molecule has 0 amide bonds. The molecule has 2 bridgehead atoms. The highest BCUT2D eigenvalue weighted by atomic mass is 16.1. The summed E-state index contributed by atoms with van der Waals surface area (Å²) in [6, 6.07) is 21.4. The molecule has 0 radical (unpaired) electrons. The Labute approximate surface area is 138 Å². The van der Waals surface area contributed by atoms with Gasteiger partial charge >= 0.3 is 0 Å². The number of piperidine rings is 1. The molecule has 0 spiro atoms. The molecule has 0 aromatic heterocycles. The first-order chi connectivity index (χ1) is 11.2. The molecular weight excluding hydrogens is 282 g/mol. The van der Waals surface area contributed by atoms with Crippen LogP contribution in [-0.2, 0) is 5.41 Å². The van der Waals surface area contributed by atoms with Crippen molar-refractivity contribution in [2.75, 3.05) is 7.05 Å². The predicted octanol–water partition coefficient (Wildman–Crippen LogP) is 4.06. The fourth-order valence-corrected chi connectivity index (χ4v) is 4.65.